The molecule has 74 valence electrons. The van der Waals surface area contributed by atoms with Gasteiger partial charge in [0.05, 0.1) is 18.0 Å². The molecule has 0 saturated heterocycles. The number of carbonyl (C=O) groups is 1. The van der Waals surface area contributed by atoms with E-state index in [9.17, 15) is 4.79 Å². The Bertz CT molecular complexity index is 216. The molecule has 13 heavy (non-hydrogen) atoms. The molecule has 0 aromatic rings. The predicted octanol–water partition coefficient (Wildman–Crippen LogP) is 2.17. The molecule has 1 unspecified atom stereocenters. The number of rotatable bonds is 5. The van der Waals surface area contributed by atoms with Crippen LogP contribution < -0.4 is 0 Å². The molecule has 1 aliphatic heterocycles. The van der Waals surface area contributed by atoms with Crippen molar-refractivity contribution >= 4 is 22.8 Å². The molecule has 0 aromatic carbocycles. The van der Waals surface area contributed by atoms with Crippen LogP contribution in [-0.2, 0) is 4.79 Å². The van der Waals surface area contributed by atoms with Crippen molar-refractivity contribution < 1.29 is 9.90 Å². The van der Waals surface area contributed by atoms with Gasteiger partial charge in [-0.2, -0.15) is 0 Å². The van der Waals surface area contributed by atoms with E-state index in [2.05, 4.69) is 11.9 Å². The summed E-state index contributed by atoms with van der Waals surface area (Å²) in [5.41, 5.74) is 0. The lowest BCUT2D eigenvalue weighted by molar-refractivity contribution is -0.135. The van der Waals surface area contributed by atoms with E-state index in [1.54, 1.807) is 11.8 Å². The summed E-state index contributed by atoms with van der Waals surface area (Å²) in [4.78, 5) is 14.6. The molecule has 1 heterocycles. The molecule has 0 amide bonds. The molecule has 0 aliphatic carbocycles. The minimum absolute atomic E-state index is 0.104. The van der Waals surface area contributed by atoms with Gasteiger partial charge in [-0.25, -0.2) is 0 Å². The van der Waals surface area contributed by atoms with Gasteiger partial charge in [-0.05, 0) is 6.42 Å². The van der Waals surface area contributed by atoms with E-state index in [1.807, 2.05) is 0 Å². The van der Waals surface area contributed by atoms with Crippen molar-refractivity contribution in [1.29, 1.82) is 0 Å². The van der Waals surface area contributed by atoms with Crippen LogP contribution in [0.25, 0.3) is 0 Å². The zero-order chi connectivity index (χ0) is 9.68. The van der Waals surface area contributed by atoms with Crippen LogP contribution in [0.15, 0.2) is 4.99 Å². The van der Waals surface area contributed by atoms with E-state index in [0.717, 1.165) is 18.0 Å². The minimum Gasteiger partial charge on any atom is -0.481 e. The van der Waals surface area contributed by atoms with E-state index >= 15 is 0 Å². The van der Waals surface area contributed by atoms with Gasteiger partial charge >= 0.3 is 5.97 Å². The second kappa shape index (κ2) is 5.27. The van der Waals surface area contributed by atoms with E-state index in [-0.39, 0.29) is 6.42 Å². The van der Waals surface area contributed by atoms with Crippen molar-refractivity contribution in [2.24, 2.45) is 4.99 Å². The molecular weight excluding hydrogens is 186 g/mol. The summed E-state index contributed by atoms with van der Waals surface area (Å²) in [5, 5.41) is 9.88. The third-order valence-corrected chi connectivity index (χ3v) is 3.22. The molecule has 0 spiro atoms. The number of aliphatic imine (C=N–C) groups is 1. The number of thioether (sulfide) groups is 1. The summed E-state index contributed by atoms with van der Waals surface area (Å²) >= 11 is 1.65. The first-order chi connectivity index (χ1) is 6.22. The van der Waals surface area contributed by atoms with Crippen molar-refractivity contribution in [2.75, 3.05) is 6.54 Å². The lowest BCUT2D eigenvalue weighted by Gasteiger charge is -2.05. The minimum atomic E-state index is -0.776. The lowest BCUT2D eigenvalue weighted by atomic mass is 10.2. The molecule has 0 aromatic heterocycles. The highest BCUT2D eigenvalue weighted by molar-refractivity contribution is 8.14. The molecule has 1 aliphatic rings. The SMILES string of the molecule is CCCCC1CN=C(CC(=O)O)S1. The fraction of sp³-hybridized carbons (Fsp3) is 0.778. The average Bonchev–Trinajstić information content (AvgIpc) is 2.48. The fourth-order valence-corrected chi connectivity index (χ4v) is 2.45. The maximum atomic E-state index is 10.4. The Hall–Kier alpha value is -0.510. The van der Waals surface area contributed by atoms with Gasteiger partial charge in [0.25, 0.3) is 0 Å². The van der Waals surface area contributed by atoms with E-state index in [4.69, 9.17) is 5.11 Å². The van der Waals surface area contributed by atoms with E-state index in [0.29, 0.717) is 5.25 Å². The van der Waals surface area contributed by atoms with Crippen molar-refractivity contribution in [2.45, 2.75) is 37.9 Å². The van der Waals surface area contributed by atoms with Crippen LogP contribution in [0, 0.1) is 0 Å². The third kappa shape index (κ3) is 3.81. The van der Waals surface area contributed by atoms with Crippen LogP contribution in [0.1, 0.15) is 32.6 Å². The van der Waals surface area contributed by atoms with Crippen molar-refractivity contribution in [3.63, 3.8) is 0 Å². The average molecular weight is 201 g/mol. The number of hydrogen-bond donors (Lipinski definition) is 1. The first-order valence-corrected chi connectivity index (χ1v) is 5.52. The van der Waals surface area contributed by atoms with Crippen molar-refractivity contribution in [3.05, 3.63) is 0 Å². The van der Waals surface area contributed by atoms with Crippen molar-refractivity contribution in [1.82, 2.24) is 0 Å². The van der Waals surface area contributed by atoms with Gasteiger partial charge in [0.1, 0.15) is 0 Å². The normalized spacial score (nSPS) is 21.6. The summed E-state index contributed by atoms with van der Waals surface area (Å²) in [6.45, 7) is 2.98. The largest absolute Gasteiger partial charge is 0.481 e. The standard InChI is InChI=1S/C9H15NO2S/c1-2-3-4-7-6-10-8(13-7)5-9(11)12/h7H,2-6H2,1H3,(H,11,12). The van der Waals surface area contributed by atoms with Gasteiger partial charge in [0.2, 0.25) is 0 Å². The number of hydrogen-bond acceptors (Lipinski definition) is 3. The van der Waals surface area contributed by atoms with Crippen LogP contribution >= 0.6 is 11.8 Å². The Morgan fingerprint density at radius 1 is 1.77 bits per heavy atom. The predicted molar refractivity (Wildman–Crippen MR) is 55.5 cm³/mol. The fourth-order valence-electron chi connectivity index (χ4n) is 1.28. The number of unbranched alkanes of at least 4 members (excludes halogenated alkanes) is 1. The zero-order valence-corrected chi connectivity index (χ0v) is 8.64. The second-order valence-electron chi connectivity index (χ2n) is 3.19. The molecule has 3 nitrogen and oxygen atoms in total. The molecule has 1 N–H and O–H groups in total. The Kier molecular flexibility index (Phi) is 4.28. The van der Waals surface area contributed by atoms with Crippen LogP contribution in [-0.4, -0.2) is 27.9 Å². The molecule has 0 fully saturated rings. The van der Waals surface area contributed by atoms with Crippen molar-refractivity contribution in [3.8, 4) is 0 Å². The van der Waals surface area contributed by atoms with Crippen LogP contribution in [0.5, 0.6) is 0 Å². The molecule has 1 rings (SSSR count). The summed E-state index contributed by atoms with van der Waals surface area (Å²) in [7, 11) is 0. The van der Waals surface area contributed by atoms with Gasteiger partial charge in [-0.1, -0.05) is 19.8 Å². The molecule has 1 atom stereocenters. The quantitative estimate of drug-likeness (QED) is 0.741. The Labute approximate surface area is 82.6 Å². The zero-order valence-electron chi connectivity index (χ0n) is 7.82. The van der Waals surface area contributed by atoms with Crippen LogP contribution in [0.4, 0.5) is 0 Å². The number of nitrogens with zero attached hydrogens (tertiary/aromatic N) is 1. The molecule has 0 radical (unpaired) electrons. The molecular formula is C9H15NO2S. The monoisotopic (exact) mass is 201 g/mol. The van der Waals surface area contributed by atoms with Crippen LogP contribution in [0.3, 0.4) is 0 Å². The topological polar surface area (TPSA) is 49.7 Å². The molecule has 0 saturated carbocycles. The number of carboxylic acid groups (broad SMARTS) is 1. The van der Waals surface area contributed by atoms with Gasteiger partial charge in [-0.15, -0.1) is 11.8 Å². The smallest absolute Gasteiger partial charge is 0.309 e. The van der Waals surface area contributed by atoms with Crippen LogP contribution in [0.2, 0.25) is 0 Å². The first-order valence-electron chi connectivity index (χ1n) is 4.64. The Balaban J connectivity index is 2.21. The first kappa shape index (κ1) is 10.6. The summed E-state index contributed by atoms with van der Waals surface area (Å²) in [6, 6.07) is 0. The maximum Gasteiger partial charge on any atom is 0.309 e. The van der Waals surface area contributed by atoms with E-state index < -0.39 is 5.97 Å². The highest BCUT2D eigenvalue weighted by Gasteiger charge is 2.20. The summed E-state index contributed by atoms with van der Waals surface area (Å²) in [5.74, 6) is -0.776. The highest BCUT2D eigenvalue weighted by atomic mass is 32.2. The summed E-state index contributed by atoms with van der Waals surface area (Å²) in [6.07, 6.45) is 3.68. The number of aliphatic carboxylic acids is 1. The third-order valence-electron chi connectivity index (χ3n) is 1.96. The second-order valence-corrected chi connectivity index (χ2v) is 4.56. The lowest BCUT2D eigenvalue weighted by Crippen LogP contribution is -2.04. The van der Waals surface area contributed by atoms with Gasteiger partial charge in [0, 0.05) is 5.25 Å². The number of carboxylic acids is 1. The Morgan fingerprint density at radius 3 is 3.15 bits per heavy atom. The maximum absolute atomic E-state index is 10.4. The van der Waals surface area contributed by atoms with E-state index in [1.165, 1.54) is 12.8 Å². The van der Waals surface area contributed by atoms with Gasteiger partial charge in [0.15, 0.2) is 0 Å². The molecule has 0 bridgehead atoms. The highest BCUT2D eigenvalue weighted by Crippen LogP contribution is 2.26. The molecule has 4 heteroatoms. The Morgan fingerprint density at radius 2 is 2.54 bits per heavy atom. The van der Waals surface area contributed by atoms with Gasteiger partial charge in [-0.3, -0.25) is 9.79 Å². The summed E-state index contributed by atoms with van der Waals surface area (Å²) < 4.78 is 0. The van der Waals surface area contributed by atoms with Gasteiger partial charge < -0.3 is 5.11 Å².